The Balaban J connectivity index is 3.61. The molecule has 0 radical (unpaired) electrons. The van der Waals surface area contributed by atoms with Crippen LogP contribution in [0, 0.1) is 0 Å². The highest BCUT2D eigenvalue weighted by Gasteiger charge is 1.87. The first-order chi connectivity index (χ1) is 4.16. The largest absolute Gasteiger partial charge is 0.375 e. The molecule has 0 unspecified atom stereocenters. The topological polar surface area (TPSA) is 3.24 Å². The van der Waals surface area contributed by atoms with Crippen molar-refractivity contribution in [3.05, 3.63) is 23.3 Å². The number of likely N-dealkylation sites (N-methyl/N-ethyl adjacent to an activating group) is 1. The van der Waals surface area contributed by atoms with Gasteiger partial charge in [-0.3, -0.25) is 0 Å². The van der Waals surface area contributed by atoms with Crippen molar-refractivity contribution in [2.45, 2.75) is 0 Å². The molecule has 0 fully saturated rings. The van der Waals surface area contributed by atoms with Gasteiger partial charge in [-0.15, -0.1) is 6.58 Å². The lowest BCUT2D eigenvalue weighted by Crippen LogP contribution is -2.09. The summed E-state index contributed by atoms with van der Waals surface area (Å²) in [7, 11) is 1.87. The molecule has 0 N–H and O–H groups in total. The molecule has 0 aromatic carbocycles. The van der Waals surface area contributed by atoms with Crippen LogP contribution in [0.5, 0.6) is 0 Å². The fraction of sp³-hybridized carbons (Fsp3) is 0.333. The maximum Gasteiger partial charge on any atom is 0.122 e. The predicted molar refractivity (Wildman–Crippen MR) is 42.6 cm³/mol. The summed E-state index contributed by atoms with van der Waals surface area (Å²) in [6.45, 7) is 4.30. The molecule has 0 bridgehead atoms. The fourth-order valence-electron chi connectivity index (χ4n) is 0.423. The van der Waals surface area contributed by atoms with Crippen LogP contribution in [0.4, 0.5) is 0 Å². The van der Waals surface area contributed by atoms with E-state index < -0.39 is 0 Å². The van der Waals surface area contributed by atoms with Crippen molar-refractivity contribution >= 4 is 23.2 Å². The van der Waals surface area contributed by atoms with E-state index in [4.69, 9.17) is 23.2 Å². The van der Waals surface area contributed by atoms with Gasteiger partial charge in [0.25, 0.3) is 0 Å². The molecular formula is C6H9Cl2N. The van der Waals surface area contributed by atoms with E-state index in [1.54, 1.807) is 12.3 Å². The van der Waals surface area contributed by atoms with Crippen LogP contribution in [0.15, 0.2) is 23.3 Å². The number of halogens is 2. The van der Waals surface area contributed by atoms with Gasteiger partial charge in [0, 0.05) is 19.8 Å². The van der Waals surface area contributed by atoms with Gasteiger partial charge in [0.05, 0.1) is 0 Å². The smallest absolute Gasteiger partial charge is 0.122 e. The Hall–Kier alpha value is -0.140. The van der Waals surface area contributed by atoms with Gasteiger partial charge in [-0.05, 0) is 0 Å². The normalized spacial score (nSPS) is 8.33. The summed E-state index contributed by atoms with van der Waals surface area (Å²) in [5.74, 6) is 0. The molecule has 0 saturated carbocycles. The summed E-state index contributed by atoms with van der Waals surface area (Å²) in [4.78, 5) is 1.84. The highest BCUT2D eigenvalue weighted by Crippen LogP contribution is 2.06. The van der Waals surface area contributed by atoms with Crippen molar-refractivity contribution in [3.63, 3.8) is 0 Å². The zero-order chi connectivity index (χ0) is 7.28. The Labute approximate surface area is 65.6 Å². The third-order valence-corrected chi connectivity index (χ3v) is 0.930. The Morgan fingerprint density at radius 1 is 1.67 bits per heavy atom. The van der Waals surface area contributed by atoms with Crippen molar-refractivity contribution in [1.29, 1.82) is 0 Å². The van der Waals surface area contributed by atoms with E-state index in [0.717, 1.165) is 6.54 Å². The maximum absolute atomic E-state index is 5.36. The van der Waals surface area contributed by atoms with Gasteiger partial charge in [-0.2, -0.15) is 0 Å². The van der Waals surface area contributed by atoms with E-state index in [-0.39, 0.29) is 4.49 Å². The molecule has 0 aliphatic rings. The van der Waals surface area contributed by atoms with Crippen LogP contribution in [0.2, 0.25) is 0 Å². The van der Waals surface area contributed by atoms with Gasteiger partial charge >= 0.3 is 0 Å². The van der Waals surface area contributed by atoms with E-state index >= 15 is 0 Å². The van der Waals surface area contributed by atoms with Crippen molar-refractivity contribution in [2.75, 3.05) is 13.6 Å². The highest BCUT2D eigenvalue weighted by molar-refractivity contribution is 6.55. The first-order valence-corrected chi connectivity index (χ1v) is 3.26. The first-order valence-electron chi connectivity index (χ1n) is 2.50. The third kappa shape index (κ3) is 5.74. The SMILES string of the molecule is C=CCN(C)C=C(Cl)Cl. The number of hydrogen-bond donors (Lipinski definition) is 0. The number of hydrogen-bond acceptors (Lipinski definition) is 1. The Kier molecular flexibility index (Phi) is 4.64. The lowest BCUT2D eigenvalue weighted by Gasteiger charge is -2.08. The summed E-state index contributed by atoms with van der Waals surface area (Å²) >= 11 is 10.7. The highest BCUT2D eigenvalue weighted by atomic mass is 35.5. The van der Waals surface area contributed by atoms with Crippen molar-refractivity contribution in [3.8, 4) is 0 Å². The van der Waals surface area contributed by atoms with Crippen LogP contribution in [-0.2, 0) is 0 Å². The number of rotatable bonds is 3. The molecule has 3 heteroatoms. The van der Waals surface area contributed by atoms with Crippen LogP contribution >= 0.6 is 23.2 Å². The second kappa shape index (κ2) is 4.71. The molecule has 0 spiro atoms. The Morgan fingerprint density at radius 2 is 2.22 bits per heavy atom. The minimum Gasteiger partial charge on any atom is -0.375 e. The molecule has 9 heavy (non-hydrogen) atoms. The van der Waals surface area contributed by atoms with Crippen molar-refractivity contribution < 1.29 is 0 Å². The van der Waals surface area contributed by atoms with E-state index in [1.165, 1.54) is 0 Å². The van der Waals surface area contributed by atoms with E-state index in [2.05, 4.69) is 6.58 Å². The van der Waals surface area contributed by atoms with E-state index in [9.17, 15) is 0 Å². The molecule has 0 aromatic rings. The lowest BCUT2D eigenvalue weighted by atomic mass is 10.6. The second-order valence-corrected chi connectivity index (χ2v) is 2.65. The van der Waals surface area contributed by atoms with Crippen LogP contribution in [-0.4, -0.2) is 18.5 Å². The second-order valence-electron chi connectivity index (χ2n) is 1.65. The molecule has 0 aliphatic heterocycles. The molecule has 0 saturated heterocycles. The molecule has 52 valence electrons. The minimum atomic E-state index is 0.263. The molecule has 0 aromatic heterocycles. The summed E-state index contributed by atoms with van der Waals surface area (Å²) in [6.07, 6.45) is 3.40. The van der Waals surface area contributed by atoms with Crippen LogP contribution in [0.3, 0.4) is 0 Å². The summed E-state index contributed by atoms with van der Waals surface area (Å²) in [5.41, 5.74) is 0. The fourth-order valence-corrected chi connectivity index (χ4v) is 0.756. The zero-order valence-electron chi connectivity index (χ0n) is 5.27. The summed E-state index contributed by atoms with van der Waals surface area (Å²) in [5, 5.41) is 0. The monoisotopic (exact) mass is 165 g/mol. The van der Waals surface area contributed by atoms with Crippen LogP contribution < -0.4 is 0 Å². The molecule has 0 rings (SSSR count). The molecule has 0 heterocycles. The van der Waals surface area contributed by atoms with Crippen molar-refractivity contribution in [2.24, 2.45) is 0 Å². The van der Waals surface area contributed by atoms with Gasteiger partial charge < -0.3 is 4.90 Å². The predicted octanol–water partition coefficient (Wildman–Crippen LogP) is 2.38. The van der Waals surface area contributed by atoms with E-state index in [0.29, 0.717) is 0 Å². The van der Waals surface area contributed by atoms with Gasteiger partial charge in [-0.1, -0.05) is 29.3 Å². The van der Waals surface area contributed by atoms with Gasteiger partial charge in [0.1, 0.15) is 4.49 Å². The molecule has 1 nitrogen and oxygen atoms in total. The van der Waals surface area contributed by atoms with Crippen molar-refractivity contribution in [1.82, 2.24) is 4.90 Å². The van der Waals surface area contributed by atoms with E-state index in [1.807, 2.05) is 11.9 Å². The lowest BCUT2D eigenvalue weighted by molar-refractivity contribution is 0.510. The molecule has 0 aliphatic carbocycles. The Bertz CT molecular complexity index is 116. The summed E-state index contributed by atoms with van der Waals surface area (Å²) < 4.78 is 0.263. The van der Waals surface area contributed by atoms with Crippen LogP contribution in [0.25, 0.3) is 0 Å². The molecule has 0 amide bonds. The Morgan fingerprint density at radius 3 is 2.56 bits per heavy atom. The summed E-state index contributed by atoms with van der Waals surface area (Å²) in [6, 6.07) is 0. The average molecular weight is 166 g/mol. The van der Waals surface area contributed by atoms with Gasteiger partial charge in [0.2, 0.25) is 0 Å². The van der Waals surface area contributed by atoms with Gasteiger partial charge in [-0.25, -0.2) is 0 Å². The van der Waals surface area contributed by atoms with Gasteiger partial charge in [0.15, 0.2) is 0 Å². The quantitative estimate of drug-likeness (QED) is 0.581. The first kappa shape index (κ1) is 8.86. The standard InChI is InChI=1S/C6H9Cl2N/c1-3-4-9(2)5-6(7)8/h3,5H,1,4H2,2H3. The molecular weight excluding hydrogens is 157 g/mol. The minimum absolute atomic E-state index is 0.263. The zero-order valence-corrected chi connectivity index (χ0v) is 6.78. The number of nitrogens with zero attached hydrogens (tertiary/aromatic N) is 1. The maximum atomic E-state index is 5.36. The molecule has 0 atom stereocenters. The third-order valence-electron chi connectivity index (χ3n) is 0.735. The van der Waals surface area contributed by atoms with Crippen LogP contribution in [0.1, 0.15) is 0 Å². The average Bonchev–Trinajstić information content (AvgIpc) is 1.63.